The SMILES string of the molecule is CCCCCC(C)CCc1cc(CC)c(CC2CCCN(C(=O)CCO)C(C)C2)nc1C(C)C. The van der Waals surface area contributed by atoms with Gasteiger partial charge in [-0.1, -0.05) is 66.4 Å². The number of aromatic nitrogens is 1. The summed E-state index contributed by atoms with van der Waals surface area (Å²) in [6, 6.07) is 2.71. The molecule has 4 nitrogen and oxygen atoms in total. The summed E-state index contributed by atoms with van der Waals surface area (Å²) in [6.07, 6.45) is 13.2. The zero-order valence-electron chi connectivity index (χ0n) is 23.0. The van der Waals surface area contributed by atoms with Crippen molar-refractivity contribution < 1.29 is 9.90 Å². The standard InChI is InChI=1S/C30H52N2O2/c1-7-9-10-12-23(5)14-15-27-21-26(8-2)28(31-30(27)22(3)4)20-25-13-11-17-32(24(6)19-25)29(34)16-18-33/h21-25,33H,7-20H2,1-6H3. The van der Waals surface area contributed by atoms with Gasteiger partial charge in [0, 0.05) is 30.4 Å². The van der Waals surface area contributed by atoms with Crippen LogP contribution >= 0.6 is 0 Å². The van der Waals surface area contributed by atoms with Crippen LogP contribution in [0.1, 0.15) is 128 Å². The lowest BCUT2D eigenvalue weighted by Gasteiger charge is -2.28. The molecular formula is C30H52N2O2. The van der Waals surface area contributed by atoms with Crippen LogP contribution in [0.25, 0.3) is 0 Å². The number of amides is 1. The number of carbonyl (C=O) groups excluding carboxylic acids is 1. The van der Waals surface area contributed by atoms with Crippen LogP contribution < -0.4 is 0 Å². The molecule has 0 spiro atoms. The van der Waals surface area contributed by atoms with Crippen molar-refractivity contribution in [3.8, 4) is 0 Å². The van der Waals surface area contributed by atoms with Crippen LogP contribution in [0.4, 0.5) is 0 Å². The van der Waals surface area contributed by atoms with Crippen LogP contribution in [-0.4, -0.2) is 40.1 Å². The number of pyridine rings is 1. The summed E-state index contributed by atoms with van der Waals surface area (Å²) < 4.78 is 0. The van der Waals surface area contributed by atoms with Crippen LogP contribution in [0.2, 0.25) is 0 Å². The van der Waals surface area contributed by atoms with Gasteiger partial charge in [0.1, 0.15) is 0 Å². The van der Waals surface area contributed by atoms with E-state index in [1.807, 2.05) is 4.90 Å². The second kappa shape index (κ2) is 14.9. The molecule has 3 unspecified atom stereocenters. The van der Waals surface area contributed by atoms with Crippen molar-refractivity contribution in [3.05, 3.63) is 28.6 Å². The lowest BCUT2D eigenvalue weighted by molar-refractivity contribution is -0.133. The Morgan fingerprint density at radius 3 is 2.59 bits per heavy atom. The van der Waals surface area contributed by atoms with Gasteiger partial charge in [-0.15, -0.1) is 0 Å². The first-order valence-corrected chi connectivity index (χ1v) is 14.2. The number of hydrogen-bond donors (Lipinski definition) is 1. The number of hydrogen-bond acceptors (Lipinski definition) is 3. The number of aryl methyl sites for hydroxylation is 2. The molecule has 1 fully saturated rings. The van der Waals surface area contributed by atoms with Gasteiger partial charge in [0.2, 0.25) is 5.91 Å². The van der Waals surface area contributed by atoms with E-state index in [2.05, 4.69) is 47.6 Å². The molecule has 34 heavy (non-hydrogen) atoms. The highest BCUT2D eigenvalue weighted by Crippen LogP contribution is 2.30. The molecule has 1 aliphatic heterocycles. The third-order valence-electron chi connectivity index (χ3n) is 7.78. The van der Waals surface area contributed by atoms with E-state index in [1.54, 1.807) is 0 Å². The Morgan fingerprint density at radius 2 is 1.94 bits per heavy atom. The van der Waals surface area contributed by atoms with Crippen molar-refractivity contribution in [3.63, 3.8) is 0 Å². The smallest absolute Gasteiger partial charge is 0.225 e. The van der Waals surface area contributed by atoms with E-state index in [-0.39, 0.29) is 25.0 Å². The maximum absolute atomic E-state index is 12.4. The summed E-state index contributed by atoms with van der Waals surface area (Å²) in [4.78, 5) is 19.7. The van der Waals surface area contributed by atoms with Gasteiger partial charge >= 0.3 is 0 Å². The summed E-state index contributed by atoms with van der Waals surface area (Å²) in [5, 5.41) is 9.18. The van der Waals surface area contributed by atoms with E-state index in [9.17, 15) is 9.90 Å². The van der Waals surface area contributed by atoms with E-state index in [1.165, 1.54) is 54.6 Å². The maximum Gasteiger partial charge on any atom is 0.225 e. The average Bonchev–Trinajstić information content (AvgIpc) is 2.98. The van der Waals surface area contributed by atoms with E-state index in [4.69, 9.17) is 4.98 Å². The molecule has 3 atom stereocenters. The van der Waals surface area contributed by atoms with E-state index in [0.717, 1.165) is 51.0 Å². The Morgan fingerprint density at radius 1 is 1.18 bits per heavy atom. The predicted octanol–water partition coefficient (Wildman–Crippen LogP) is 6.86. The zero-order valence-corrected chi connectivity index (χ0v) is 23.0. The quantitative estimate of drug-likeness (QED) is 0.319. The molecule has 1 aromatic heterocycles. The topological polar surface area (TPSA) is 53.4 Å². The first-order chi connectivity index (χ1) is 16.3. The monoisotopic (exact) mass is 472 g/mol. The second-order valence-electron chi connectivity index (χ2n) is 11.1. The average molecular weight is 473 g/mol. The Balaban J connectivity index is 2.13. The summed E-state index contributed by atoms with van der Waals surface area (Å²) in [5.74, 6) is 1.87. The number of rotatable bonds is 13. The molecule has 0 saturated carbocycles. The van der Waals surface area contributed by atoms with Gasteiger partial charge in [0.05, 0.1) is 6.61 Å². The highest BCUT2D eigenvalue weighted by molar-refractivity contribution is 5.76. The molecule has 0 bridgehead atoms. The Labute approximate surface area is 209 Å². The minimum atomic E-state index is -0.0584. The first-order valence-electron chi connectivity index (χ1n) is 14.2. The van der Waals surface area contributed by atoms with Crippen molar-refractivity contribution in [2.45, 2.75) is 131 Å². The van der Waals surface area contributed by atoms with Gasteiger partial charge in [0.25, 0.3) is 0 Å². The lowest BCUT2D eigenvalue weighted by Crippen LogP contribution is -2.39. The lowest BCUT2D eigenvalue weighted by atomic mass is 9.88. The Bertz CT molecular complexity index is 746. The van der Waals surface area contributed by atoms with Gasteiger partial charge < -0.3 is 10.0 Å². The van der Waals surface area contributed by atoms with Gasteiger partial charge in [-0.25, -0.2) is 0 Å². The highest BCUT2D eigenvalue weighted by atomic mass is 16.3. The van der Waals surface area contributed by atoms with Crippen LogP contribution in [0.5, 0.6) is 0 Å². The minimum absolute atomic E-state index is 0.0584. The van der Waals surface area contributed by atoms with Crippen molar-refractivity contribution in [2.24, 2.45) is 11.8 Å². The Kier molecular flexibility index (Phi) is 12.6. The molecule has 1 saturated heterocycles. The zero-order chi connectivity index (χ0) is 25.1. The molecule has 4 heteroatoms. The fourth-order valence-corrected chi connectivity index (χ4v) is 5.70. The fraction of sp³-hybridized carbons (Fsp3) is 0.800. The van der Waals surface area contributed by atoms with Crippen molar-refractivity contribution in [1.29, 1.82) is 0 Å². The van der Waals surface area contributed by atoms with Gasteiger partial charge in [-0.05, 0) is 80.8 Å². The van der Waals surface area contributed by atoms with E-state index < -0.39 is 0 Å². The molecular weight excluding hydrogens is 420 g/mol. The maximum atomic E-state index is 12.4. The summed E-state index contributed by atoms with van der Waals surface area (Å²) in [7, 11) is 0. The molecule has 1 N–H and O–H groups in total. The summed E-state index contributed by atoms with van der Waals surface area (Å²) in [6.45, 7) is 14.4. The van der Waals surface area contributed by atoms with Gasteiger partial charge in [-0.3, -0.25) is 9.78 Å². The van der Waals surface area contributed by atoms with E-state index in [0.29, 0.717) is 11.8 Å². The molecule has 0 aromatic carbocycles. The van der Waals surface area contributed by atoms with Crippen molar-refractivity contribution >= 4 is 5.91 Å². The molecule has 0 aliphatic carbocycles. The first kappa shape index (κ1) is 28.8. The number of aliphatic hydroxyl groups is 1. The third-order valence-corrected chi connectivity index (χ3v) is 7.78. The van der Waals surface area contributed by atoms with Crippen LogP contribution in [0, 0.1) is 11.8 Å². The largest absolute Gasteiger partial charge is 0.396 e. The van der Waals surface area contributed by atoms with Crippen molar-refractivity contribution in [2.75, 3.05) is 13.2 Å². The van der Waals surface area contributed by atoms with Crippen LogP contribution in [0.3, 0.4) is 0 Å². The number of aliphatic hydroxyl groups excluding tert-OH is 1. The fourth-order valence-electron chi connectivity index (χ4n) is 5.70. The van der Waals surface area contributed by atoms with E-state index >= 15 is 0 Å². The molecule has 1 aromatic rings. The second-order valence-corrected chi connectivity index (χ2v) is 11.1. The molecule has 1 amide bonds. The summed E-state index contributed by atoms with van der Waals surface area (Å²) in [5.41, 5.74) is 5.48. The predicted molar refractivity (Wildman–Crippen MR) is 143 cm³/mol. The molecule has 1 aliphatic rings. The normalized spacial score (nSPS) is 19.9. The summed E-state index contributed by atoms with van der Waals surface area (Å²) >= 11 is 0. The number of nitrogens with zero attached hydrogens (tertiary/aromatic N) is 2. The minimum Gasteiger partial charge on any atom is -0.396 e. The molecule has 0 radical (unpaired) electrons. The third kappa shape index (κ3) is 8.66. The highest BCUT2D eigenvalue weighted by Gasteiger charge is 2.27. The number of carbonyl (C=O) groups is 1. The van der Waals surface area contributed by atoms with Gasteiger partial charge in [0.15, 0.2) is 0 Å². The number of likely N-dealkylation sites (tertiary alicyclic amines) is 1. The van der Waals surface area contributed by atoms with Crippen LogP contribution in [-0.2, 0) is 24.1 Å². The molecule has 194 valence electrons. The molecule has 2 rings (SSSR count). The number of unbranched alkanes of at least 4 members (excludes halogenated alkanes) is 2. The van der Waals surface area contributed by atoms with Crippen LogP contribution in [0.15, 0.2) is 6.07 Å². The molecule has 2 heterocycles. The van der Waals surface area contributed by atoms with Crippen molar-refractivity contribution in [1.82, 2.24) is 9.88 Å². The Hall–Kier alpha value is -1.42. The van der Waals surface area contributed by atoms with Gasteiger partial charge in [-0.2, -0.15) is 0 Å².